The average Bonchev–Trinajstić information content (AvgIpc) is 3.00. The van der Waals surface area contributed by atoms with Crippen LogP contribution in [0, 0.1) is 0 Å². The number of rotatable bonds is 4. The number of hydrogen-bond donors (Lipinski definition) is 1. The average molecular weight is 384 g/mol. The third kappa shape index (κ3) is 3.67. The Morgan fingerprint density at radius 1 is 1.00 bits per heavy atom. The Morgan fingerprint density at radius 3 is 2.23 bits per heavy atom. The number of nitrogens with one attached hydrogen (secondary N) is 1. The molecule has 0 bridgehead atoms. The van der Waals surface area contributed by atoms with Gasteiger partial charge in [-0.25, -0.2) is 8.42 Å². The fourth-order valence-corrected chi connectivity index (χ4v) is 3.83. The van der Waals surface area contributed by atoms with Gasteiger partial charge in [-0.15, -0.1) is 0 Å². The Kier molecular flexibility index (Phi) is 4.66. The van der Waals surface area contributed by atoms with Crippen LogP contribution in [0.3, 0.4) is 0 Å². The summed E-state index contributed by atoms with van der Waals surface area (Å²) in [6, 6.07) is 9.81. The Bertz CT molecular complexity index is 925. The van der Waals surface area contributed by atoms with E-state index in [0.717, 1.165) is 18.6 Å². The van der Waals surface area contributed by atoms with Gasteiger partial charge in [-0.3, -0.25) is 9.52 Å². The highest BCUT2D eigenvalue weighted by Gasteiger charge is 2.34. The van der Waals surface area contributed by atoms with E-state index in [-0.39, 0.29) is 10.8 Å². The third-order valence-corrected chi connectivity index (χ3v) is 5.39. The molecule has 1 aliphatic heterocycles. The fraction of sp³-hybridized carbons (Fsp3) is 0.235. The molecule has 2 aromatic rings. The van der Waals surface area contributed by atoms with Crippen LogP contribution < -0.4 is 9.62 Å². The van der Waals surface area contributed by atoms with Gasteiger partial charge in [-0.2, -0.15) is 13.2 Å². The summed E-state index contributed by atoms with van der Waals surface area (Å²) in [6.07, 6.45) is -3.51. The van der Waals surface area contributed by atoms with Crippen molar-refractivity contribution in [3.05, 3.63) is 54.1 Å². The van der Waals surface area contributed by atoms with Crippen LogP contribution in [-0.2, 0) is 21.0 Å². The van der Waals surface area contributed by atoms with Gasteiger partial charge in [0.05, 0.1) is 16.1 Å². The molecule has 26 heavy (non-hydrogen) atoms. The summed E-state index contributed by atoms with van der Waals surface area (Å²) >= 11 is 0. The lowest BCUT2D eigenvalue weighted by Crippen LogP contribution is -2.23. The van der Waals surface area contributed by atoms with Gasteiger partial charge in [0.25, 0.3) is 10.0 Å². The number of carbonyl (C=O) groups is 1. The monoisotopic (exact) mass is 384 g/mol. The standard InChI is InChI=1S/C17H15F3N2O3S/c18-17(19,20)14-4-1-2-5-15(14)21-26(24,25)13-9-7-12(8-10-13)22-11-3-6-16(22)23/h1-2,4-5,7-10,21H,3,6,11H2. The molecule has 0 spiro atoms. The quantitative estimate of drug-likeness (QED) is 0.875. The Morgan fingerprint density at radius 2 is 1.65 bits per heavy atom. The van der Waals surface area contributed by atoms with Crippen LogP contribution in [0.5, 0.6) is 0 Å². The summed E-state index contributed by atoms with van der Waals surface area (Å²) in [6.45, 7) is 0.558. The summed E-state index contributed by atoms with van der Waals surface area (Å²) in [7, 11) is -4.20. The second-order valence-corrected chi connectivity index (χ2v) is 7.47. The number of anilines is 2. The molecule has 0 aliphatic carbocycles. The highest BCUT2D eigenvalue weighted by atomic mass is 32.2. The van der Waals surface area contributed by atoms with E-state index in [1.165, 1.54) is 36.4 Å². The summed E-state index contributed by atoms with van der Waals surface area (Å²) in [5.41, 5.74) is -1.05. The van der Waals surface area contributed by atoms with Gasteiger partial charge < -0.3 is 4.90 Å². The first-order valence-corrected chi connectivity index (χ1v) is 9.26. The highest BCUT2D eigenvalue weighted by Crippen LogP contribution is 2.35. The topological polar surface area (TPSA) is 66.5 Å². The van der Waals surface area contributed by atoms with E-state index >= 15 is 0 Å². The molecule has 3 rings (SSSR count). The molecule has 9 heteroatoms. The molecule has 5 nitrogen and oxygen atoms in total. The SMILES string of the molecule is O=C1CCCN1c1ccc(S(=O)(=O)Nc2ccccc2C(F)(F)F)cc1. The first-order chi connectivity index (χ1) is 12.2. The zero-order valence-corrected chi connectivity index (χ0v) is 14.3. The molecule has 2 aromatic carbocycles. The normalized spacial score (nSPS) is 15.3. The number of para-hydroxylation sites is 1. The number of hydrogen-bond acceptors (Lipinski definition) is 3. The van der Waals surface area contributed by atoms with E-state index in [9.17, 15) is 26.4 Å². The molecule has 1 N–H and O–H groups in total. The second-order valence-electron chi connectivity index (χ2n) is 5.79. The molecule has 138 valence electrons. The van der Waals surface area contributed by atoms with Crippen molar-refractivity contribution < 1.29 is 26.4 Å². The van der Waals surface area contributed by atoms with E-state index in [2.05, 4.69) is 0 Å². The number of amides is 1. The van der Waals surface area contributed by atoms with E-state index in [0.29, 0.717) is 18.7 Å². The first-order valence-electron chi connectivity index (χ1n) is 7.78. The number of alkyl halides is 3. The zero-order valence-electron chi connectivity index (χ0n) is 13.5. The van der Waals surface area contributed by atoms with Crippen molar-refractivity contribution in [1.82, 2.24) is 0 Å². The van der Waals surface area contributed by atoms with Crippen LogP contribution >= 0.6 is 0 Å². The van der Waals surface area contributed by atoms with Crippen molar-refractivity contribution in [3.8, 4) is 0 Å². The fourth-order valence-electron chi connectivity index (χ4n) is 2.75. The number of sulfonamides is 1. The van der Waals surface area contributed by atoms with Crippen molar-refractivity contribution in [3.63, 3.8) is 0 Å². The Balaban J connectivity index is 1.87. The molecular formula is C17H15F3N2O3S. The van der Waals surface area contributed by atoms with Crippen LogP contribution in [0.4, 0.5) is 24.5 Å². The predicted octanol–water partition coefficient (Wildman–Crippen LogP) is 3.63. The Hall–Kier alpha value is -2.55. The lowest BCUT2D eigenvalue weighted by Gasteiger charge is -2.17. The molecule has 0 saturated carbocycles. The highest BCUT2D eigenvalue weighted by molar-refractivity contribution is 7.92. The van der Waals surface area contributed by atoms with Crippen LogP contribution in [0.15, 0.2) is 53.4 Å². The molecule has 0 radical (unpaired) electrons. The summed E-state index contributed by atoms with van der Waals surface area (Å²) < 4.78 is 65.9. The van der Waals surface area contributed by atoms with Gasteiger partial charge in [0, 0.05) is 18.7 Å². The number of carbonyl (C=O) groups excluding carboxylic acids is 1. The summed E-state index contributed by atoms with van der Waals surface area (Å²) in [5, 5.41) is 0. The number of halogens is 3. The van der Waals surface area contributed by atoms with Gasteiger partial charge >= 0.3 is 6.18 Å². The van der Waals surface area contributed by atoms with Crippen molar-refractivity contribution >= 4 is 27.3 Å². The van der Waals surface area contributed by atoms with Crippen LogP contribution in [0.1, 0.15) is 18.4 Å². The molecule has 1 amide bonds. The molecule has 1 aliphatic rings. The number of nitrogens with zero attached hydrogens (tertiary/aromatic N) is 1. The van der Waals surface area contributed by atoms with Crippen molar-refractivity contribution in [1.29, 1.82) is 0 Å². The molecule has 1 heterocycles. The minimum Gasteiger partial charge on any atom is -0.312 e. The van der Waals surface area contributed by atoms with Crippen molar-refractivity contribution in [2.24, 2.45) is 0 Å². The molecule has 0 aromatic heterocycles. The molecule has 0 unspecified atom stereocenters. The van der Waals surface area contributed by atoms with Crippen molar-refractivity contribution in [2.45, 2.75) is 23.9 Å². The molecular weight excluding hydrogens is 369 g/mol. The van der Waals surface area contributed by atoms with Gasteiger partial charge in [-0.05, 0) is 42.8 Å². The van der Waals surface area contributed by atoms with Crippen LogP contribution in [-0.4, -0.2) is 20.9 Å². The van der Waals surface area contributed by atoms with Crippen molar-refractivity contribution in [2.75, 3.05) is 16.2 Å². The summed E-state index contributed by atoms with van der Waals surface area (Å²) in [4.78, 5) is 13.1. The van der Waals surface area contributed by atoms with E-state index < -0.39 is 27.5 Å². The number of benzene rings is 2. The largest absolute Gasteiger partial charge is 0.418 e. The van der Waals surface area contributed by atoms with Gasteiger partial charge in [0.1, 0.15) is 0 Å². The molecule has 1 saturated heterocycles. The maximum absolute atomic E-state index is 13.0. The predicted molar refractivity (Wildman–Crippen MR) is 90.3 cm³/mol. The van der Waals surface area contributed by atoms with E-state index in [4.69, 9.17) is 0 Å². The molecule has 1 fully saturated rings. The maximum atomic E-state index is 13.0. The Labute approximate surface area is 148 Å². The lowest BCUT2D eigenvalue weighted by molar-refractivity contribution is -0.136. The maximum Gasteiger partial charge on any atom is 0.418 e. The molecule has 0 atom stereocenters. The van der Waals surface area contributed by atoms with Gasteiger partial charge in [-0.1, -0.05) is 12.1 Å². The van der Waals surface area contributed by atoms with Crippen LogP contribution in [0.2, 0.25) is 0 Å². The second kappa shape index (κ2) is 6.64. The van der Waals surface area contributed by atoms with E-state index in [1.54, 1.807) is 4.90 Å². The lowest BCUT2D eigenvalue weighted by atomic mass is 10.2. The minimum atomic E-state index is -4.68. The summed E-state index contributed by atoms with van der Waals surface area (Å²) in [5.74, 6) is -0.0437. The van der Waals surface area contributed by atoms with Gasteiger partial charge in [0.15, 0.2) is 0 Å². The smallest absolute Gasteiger partial charge is 0.312 e. The van der Waals surface area contributed by atoms with E-state index in [1.807, 2.05) is 4.72 Å². The third-order valence-electron chi connectivity index (χ3n) is 4.01. The first kappa shape index (κ1) is 18.2. The van der Waals surface area contributed by atoms with Crippen LogP contribution in [0.25, 0.3) is 0 Å². The van der Waals surface area contributed by atoms with Gasteiger partial charge in [0.2, 0.25) is 5.91 Å². The minimum absolute atomic E-state index is 0.0437. The zero-order chi connectivity index (χ0) is 18.9.